The lowest BCUT2D eigenvalue weighted by Gasteiger charge is -2.35. The molecule has 21 heavy (non-hydrogen) atoms. The van der Waals surface area contributed by atoms with Crippen molar-refractivity contribution in [3.63, 3.8) is 0 Å². The van der Waals surface area contributed by atoms with E-state index in [2.05, 4.69) is 29.1 Å². The van der Waals surface area contributed by atoms with Crippen LogP contribution in [0.5, 0.6) is 0 Å². The first-order valence-corrected chi connectivity index (χ1v) is 6.64. The Labute approximate surface area is 119 Å². The van der Waals surface area contributed by atoms with Crippen LogP contribution in [0.15, 0.2) is 6.20 Å². The molecular formula is C12H17F3N4O2. The monoisotopic (exact) mass is 306 g/mol. The van der Waals surface area contributed by atoms with Gasteiger partial charge in [0.15, 0.2) is 5.69 Å². The molecule has 0 saturated carbocycles. The summed E-state index contributed by atoms with van der Waals surface area (Å²) in [6.07, 6.45) is -4.11. The molecule has 0 bridgehead atoms. The zero-order valence-electron chi connectivity index (χ0n) is 11.8. The molecule has 0 spiro atoms. The molecule has 1 atom stereocenters. The van der Waals surface area contributed by atoms with Gasteiger partial charge in [-0.1, -0.05) is 5.21 Å². The maximum absolute atomic E-state index is 12.3. The van der Waals surface area contributed by atoms with Gasteiger partial charge in [-0.25, -0.2) is 4.68 Å². The molecule has 1 aliphatic rings. The highest BCUT2D eigenvalue weighted by Crippen LogP contribution is 2.20. The molecule has 0 aromatic carbocycles. The van der Waals surface area contributed by atoms with Gasteiger partial charge in [0, 0.05) is 19.1 Å². The minimum Gasteiger partial charge on any atom is -0.374 e. The van der Waals surface area contributed by atoms with Crippen molar-refractivity contribution in [2.75, 3.05) is 19.7 Å². The van der Waals surface area contributed by atoms with Gasteiger partial charge in [0.2, 0.25) is 0 Å². The molecule has 118 valence electrons. The molecule has 1 aromatic rings. The van der Waals surface area contributed by atoms with Crippen LogP contribution in [0.2, 0.25) is 0 Å². The topological polar surface area (TPSA) is 60.2 Å². The number of Topliss-reactive ketones (excluding diaryl/α,β-unsaturated/α-hetero) is 1. The summed E-state index contributed by atoms with van der Waals surface area (Å²) in [7, 11) is 0. The van der Waals surface area contributed by atoms with Crippen LogP contribution in [0.1, 0.15) is 24.3 Å². The third-order valence-corrected chi connectivity index (χ3v) is 3.32. The molecule has 1 aliphatic heterocycles. The summed E-state index contributed by atoms with van der Waals surface area (Å²) < 4.78 is 43.6. The van der Waals surface area contributed by atoms with E-state index in [1.54, 1.807) is 0 Å². The quantitative estimate of drug-likeness (QED) is 0.781. The largest absolute Gasteiger partial charge is 0.456 e. The van der Waals surface area contributed by atoms with Crippen molar-refractivity contribution in [3.8, 4) is 0 Å². The normalized spacial score (nSPS) is 21.0. The minimum atomic E-state index is -4.93. The lowest BCUT2D eigenvalue weighted by atomic mass is 10.2. The van der Waals surface area contributed by atoms with Gasteiger partial charge in [0.1, 0.15) is 0 Å². The van der Waals surface area contributed by atoms with Crippen molar-refractivity contribution in [3.05, 3.63) is 11.9 Å². The Bertz CT molecular complexity index is 501. The average Bonchev–Trinajstić information content (AvgIpc) is 2.85. The maximum atomic E-state index is 12.3. The van der Waals surface area contributed by atoms with Gasteiger partial charge >= 0.3 is 6.18 Å². The Morgan fingerprint density at radius 2 is 2.24 bits per heavy atom. The van der Waals surface area contributed by atoms with E-state index in [1.165, 1.54) is 4.68 Å². The summed E-state index contributed by atoms with van der Waals surface area (Å²) in [6.45, 7) is 6.45. The summed E-state index contributed by atoms with van der Waals surface area (Å²) in [5, 5.41) is 6.84. The number of hydrogen-bond donors (Lipinski definition) is 0. The van der Waals surface area contributed by atoms with Crippen LogP contribution in [0.3, 0.4) is 0 Å². The second-order valence-corrected chi connectivity index (χ2v) is 5.23. The van der Waals surface area contributed by atoms with Crippen LogP contribution in [0.4, 0.5) is 13.2 Å². The van der Waals surface area contributed by atoms with E-state index in [-0.39, 0.29) is 12.6 Å². The zero-order chi connectivity index (χ0) is 15.6. The first-order valence-electron chi connectivity index (χ1n) is 6.64. The van der Waals surface area contributed by atoms with Gasteiger partial charge in [-0.05, 0) is 13.8 Å². The van der Waals surface area contributed by atoms with Crippen LogP contribution in [-0.2, 0) is 11.3 Å². The highest BCUT2D eigenvalue weighted by molar-refractivity contribution is 5.98. The van der Waals surface area contributed by atoms with E-state index in [9.17, 15) is 18.0 Å². The van der Waals surface area contributed by atoms with Crippen LogP contribution >= 0.6 is 0 Å². The molecule has 9 heteroatoms. The smallest absolute Gasteiger partial charge is 0.374 e. The predicted octanol–water partition coefficient (Wildman–Crippen LogP) is 1.13. The molecule has 2 heterocycles. The number of carbonyl (C=O) groups is 1. The standard InChI is InChI=1S/C12H17F3N4O2/c1-8(2)18-3-4-21-9(5-18)6-19-7-10(16-17-19)11(20)12(13,14)15/h7-9H,3-6H2,1-2H3. The molecule has 2 rings (SSSR count). The minimum absolute atomic E-state index is 0.184. The number of ketones is 1. The molecule has 0 radical (unpaired) electrons. The van der Waals surface area contributed by atoms with Crippen molar-refractivity contribution >= 4 is 5.78 Å². The fourth-order valence-corrected chi connectivity index (χ4v) is 2.17. The lowest BCUT2D eigenvalue weighted by Crippen LogP contribution is -2.47. The van der Waals surface area contributed by atoms with Crippen molar-refractivity contribution in [2.45, 2.75) is 38.7 Å². The Kier molecular flexibility index (Phi) is 4.62. The molecule has 1 unspecified atom stereocenters. The van der Waals surface area contributed by atoms with Gasteiger partial charge in [-0.3, -0.25) is 9.69 Å². The number of hydrogen-bond acceptors (Lipinski definition) is 5. The van der Waals surface area contributed by atoms with Crippen LogP contribution in [0.25, 0.3) is 0 Å². The Morgan fingerprint density at radius 1 is 1.52 bits per heavy atom. The molecular weight excluding hydrogens is 289 g/mol. The number of rotatable bonds is 4. The summed E-state index contributed by atoms with van der Waals surface area (Å²) in [4.78, 5) is 13.2. The summed E-state index contributed by atoms with van der Waals surface area (Å²) >= 11 is 0. The highest BCUT2D eigenvalue weighted by Gasteiger charge is 2.41. The third-order valence-electron chi connectivity index (χ3n) is 3.32. The lowest BCUT2D eigenvalue weighted by molar-refractivity contribution is -0.0888. The van der Waals surface area contributed by atoms with Crippen molar-refractivity contribution in [1.29, 1.82) is 0 Å². The Morgan fingerprint density at radius 3 is 2.86 bits per heavy atom. The van der Waals surface area contributed by atoms with Crippen LogP contribution in [0, 0.1) is 0 Å². The van der Waals surface area contributed by atoms with E-state index >= 15 is 0 Å². The number of morpholine rings is 1. The first-order chi connectivity index (χ1) is 9.77. The highest BCUT2D eigenvalue weighted by atomic mass is 19.4. The number of carbonyl (C=O) groups excluding carboxylic acids is 1. The maximum Gasteiger partial charge on any atom is 0.456 e. The fraction of sp³-hybridized carbons (Fsp3) is 0.750. The first kappa shape index (κ1) is 15.9. The van der Waals surface area contributed by atoms with Crippen molar-refractivity contribution in [1.82, 2.24) is 19.9 Å². The molecule has 0 N–H and O–H groups in total. The molecule has 1 saturated heterocycles. The molecule has 6 nitrogen and oxygen atoms in total. The second kappa shape index (κ2) is 6.10. The van der Waals surface area contributed by atoms with Crippen molar-refractivity contribution in [2.24, 2.45) is 0 Å². The van der Waals surface area contributed by atoms with Gasteiger partial charge in [-0.2, -0.15) is 13.2 Å². The van der Waals surface area contributed by atoms with Crippen LogP contribution < -0.4 is 0 Å². The Balaban J connectivity index is 1.98. The van der Waals surface area contributed by atoms with E-state index in [0.29, 0.717) is 19.2 Å². The number of nitrogens with zero attached hydrogens (tertiary/aromatic N) is 4. The predicted molar refractivity (Wildman–Crippen MR) is 66.9 cm³/mol. The fourth-order valence-electron chi connectivity index (χ4n) is 2.17. The van der Waals surface area contributed by atoms with Crippen molar-refractivity contribution < 1.29 is 22.7 Å². The second-order valence-electron chi connectivity index (χ2n) is 5.23. The summed E-state index contributed by atoms with van der Waals surface area (Å²) in [5.41, 5.74) is -0.695. The number of halogens is 3. The van der Waals surface area contributed by atoms with Gasteiger partial charge in [0.25, 0.3) is 5.78 Å². The number of ether oxygens (including phenoxy) is 1. The molecule has 1 fully saturated rings. The van der Waals surface area contributed by atoms with E-state index < -0.39 is 17.7 Å². The van der Waals surface area contributed by atoms with E-state index in [4.69, 9.17) is 4.74 Å². The number of alkyl halides is 3. The van der Waals surface area contributed by atoms with Gasteiger partial charge in [0.05, 0.1) is 25.5 Å². The van der Waals surface area contributed by atoms with Crippen LogP contribution in [-0.4, -0.2) is 63.7 Å². The summed E-state index contributed by atoms with van der Waals surface area (Å²) in [6, 6.07) is 0.370. The third kappa shape index (κ3) is 4.01. The SMILES string of the molecule is CC(C)N1CCOC(Cn2cc(C(=O)C(F)(F)F)nn2)C1. The van der Waals surface area contributed by atoms with E-state index in [1.807, 2.05) is 0 Å². The summed E-state index contributed by atoms with van der Waals surface area (Å²) in [5.74, 6) is -1.98. The average molecular weight is 306 g/mol. The molecule has 1 aromatic heterocycles. The Hall–Kier alpha value is -1.48. The van der Waals surface area contributed by atoms with Gasteiger partial charge in [-0.15, -0.1) is 5.10 Å². The van der Waals surface area contributed by atoms with E-state index in [0.717, 1.165) is 12.7 Å². The molecule has 0 amide bonds. The van der Waals surface area contributed by atoms with Gasteiger partial charge < -0.3 is 4.74 Å². The molecule has 0 aliphatic carbocycles. The number of aromatic nitrogens is 3. The zero-order valence-corrected chi connectivity index (χ0v) is 11.8.